The molecular weight excluding hydrogens is 540 g/mol. The largest absolute Gasteiger partial charge is 0.491 e. The number of hydrogen-bond donors (Lipinski definition) is 2. The van der Waals surface area contributed by atoms with Crippen molar-refractivity contribution in [3.05, 3.63) is 76.3 Å². The third kappa shape index (κ3) is 5.29. The highest BCUT2D eigenvalue weighted by Gasteiger charge is 2.31. The lowest BCUT2D eigenvalue weighted by molar-refractivity contribution is 0.259. The number of nitrogens with two attached hydrogens (primary N) is 1. The van der Waals surface area contributed by atoms with Crippen LogP contribution in [0.15, 0.2) is 42.9 Å². The number of fused-ring (bicyclic) bond motifs is 1. The van der Waals surface area contributed by atoms with Crippen LogP contribution in [0, 0.1) is 24.5 Å². The van der Waals surface area contributed by atoms with E-state index >= 15 is 8.78 Å². The quantitative estimate of drug-likeness (QED) is 0.298. The number of nitrogens with zero attached hydrogens (tertiary/aromatic N) is 5. The van der Waals surface area contributed by atoms with Gasteiger partial charge in [-0.25, -0.2) is 28.2 Å². The van der Waals surface area contributed by atoms with Crippen LogP contribution in [0.5, 0.6) is 5.75 Å². The molecule has 12 heteroatoms. The van der Waals surface area contributed by atoms with Gasteiger partial charge in [-0.2, -0.15) is 5.10 Å². The molecule has 5 rings (SSSR count). The molecule has 1 aliphatic rings. The highest BCUT2D eigenvalue weighted by molar-refractivity contribution is 6.32. The minimum absolute atomic E-state index is 0.0324. The van der Waals surface area contributed by atoms with Crippen molar-refractivity contribution in [3.63, 3.8) is 0 Å². The van der Waals surface area contributed by atoms with Gasteiger partial charge in [-0.1, -0.05) is 37.6 Å². The molecule has 0 unspecified atom stereocenters. The summed E-state index contributed by atoms with van der Waals surface area (Å²) in [6, 6.07) is 6.57. The fourth-order valence-electron chi connectivity index (χ4n) is 4.76. The second-order valence-electron chi connectivity index (χ2n) is 9.98. The molecule has 0 bridgehead atoms. The molecule has 0 aliphatic carbocycles. The maximum atomic E-state index is 15.8. The minimum atomic E-state index is -1.00. The van der Waals surface area contributed by atoms with E-state index in [-0.39, 0.29) is 23.7 Å². The second-order valence-corrected chi connectivity index (χ2v) is 10.4. The van der Waals surface area contributed by atoms with Crippen LogP contribution >= 0.6 is 11.6 Å². The number of ether oxygens (including phenoxy) is 1. The number of amides is 2. The normalized spacial score (nSPS) is 12.9. The van der Waals surface area contributed by atoms with Crippen molar-refractivity contribution in [2.45, 2.75) is 33.7 Å². The number of para-hydroxylation sites is 1. The Hall–Kier alpha value is -4.25. The van der Waals surface area contributed by atoms with Crippen LogP contribution in [0.2, 0.25) is 5.02 Å². The van der Waals surface area contributed by atoms with E-state index in [1.807, 2.05) is 43.9 Å². The average Bonchev–Trinajstić information content (AvgIpc) is 3.27. The van der Waals surface area contributed by atoms with Gasteiger partial charge in [0.1, 0.15) is 34.4 Å². The number of carbonyl (C=O) groups is 1. The maximum Gasteiger partial charge on any atom is 0.316 e. The molecule has 40 heavy (non-hydrogen) atoms. The van der Waals surface area contributed by atoms with Gasteiger partial charge in [0.2, 0.25) is 0 Å². The first kappa shape index (κ1) is 27.3. The molecule has 1 aliphatic heterocycles. The Morgan fingerprint density at radius 1 is 1.25 bits per heavy atom. The van der Waals surface area contributed by atoms with Crippen LogP contribution < -0.4 is 20.7 Å². The van der Waals surface area contributed by atoms with Crippen molar-refractivity contribution in [2.75, 3.05) is 23.4 Å². The first-order valence-corrected chi connectivity index (χ1v) is 13.1. The topological polar surface area (TPSA) is 111 Å². The van der Waals surface area contributed by atoms with Crippen molar-refractivity contribution >= 4 is 29.1 Å². The monoisotopic (exact) mass is 567 g/mol. The van der Waals surface area contributed by atoms with E-state index in [0.29, 0.717) is 53.1 Å². The minimum Gasteiger partial charge on any atom is -0.491 e. The molecule has 0 fully saturated rings. The molecule has 2 aromatic heterocycles. The smallest absolute Gasteiger partial charge is 0.316 e. The van der Waals surface area contributed by atoms with Crippen molar-refractivity contribution in [1.29, 1.82) is 0 Å². The molecule has 2 amide bonds. The summed E-state index contributed by atoms with van der Waals surface area (Å²) in [6.45, 7) is 7.30. The van der Waals surface area contributed by atoms with Gasteiger partial charge in [-0.3, -0.25) is 0 Å². The van der Waals surface area contributed by atoms with Crippen molar-refractivity contribution in [3.8, 4) is 22.7 Å². The van der Waals surface area contributed by atoms with E-state index in [1.54, 1.807) is 4.68 Å². The number of primary amides is 1. The van der Waals surface area contributed by atoms with Crippen LogP contribution in [-0.2, 0) is 13.0 Å². The van der Waals surface area contributed by atoms with E-state index < -0.39 is 17.7 Å². The standard InChI is InChI=1S/C28H28ClF2N7O2/c1-15(2)13-40-24-6-4-5-16(3)25(24)38-26(17-9-21(31)23(10-20(17)30)35-28(32)39)18-12-37(8-7-22(18)36-38)27-19(29)11-33-14-34-27/h4-6,9-11,14-15H,7-8,12-13H2,1-3H3,(H3,32,35,39). The Bertz CT molecular complexity index is 1590. The molecule has 0 atom stereocenters. The predicted octanol–water partition coefficient (Wildman–Crippen LogP) is 5.66. The number of benzene rings is 2. The van der Waals surface area contributed by atoms with Crippen LogP contribution in [0.4, 0.5) is 25.1 Å². The highest BCUT2D eigenvalue weighted by atomic mass is 35.5. The molecule has 9 nitrogen and oxygen atoms in total. The fourth-order valence-corrected chi connectivity index (χ4v) is 4.99. The fraction of sp³-hybridized carbons (Fsp3) is 0.286. The zero-order chi connectivity index (χ0) is 28.6. The summed E-state index contributed by atoms with van der Waals surface area (Å²) in [6.07, 6.45) is 3.43. The van der Waals surface area contributed by atoms with Crippen molar-refractivity contribution < 1.29 is 18.3 Å². The molecule has 4 aromatic rings. The number of hydrogen-bond acceptors (Lipinski definition) is 6. The summed E-state index contributed by atoms with van der Waals surface area (Å²) in [5, 5.41) is 7.40. The lowest BCUT2D eigenvalue weighted by Gasteiger charge is -2.28. The Kier molecular flexibility index (Phi) is 7.57. The lowest BCUT2D eigenvalue weighted by atomic mass is 9.99. The first-order valence-electron chi connectivity index (χ1n) is 12.7. The van der Waals surface area contributed by atoms with Crippen LogP contribution in [-0.4, -0.2) is 38.9 Å². The van der Waals surface area contributed by atoms with Gasteiger partial charge in [0.15, 0.2) is 5.82 Å². The predicted molar refractivity (Wildman–Crippen MR) is 149 cm³/mol. The number of aromatic nitrogens is 4. The summed E-state index contributed by atoms with van der Waals surface area (Å²) in [5.74, 6) is -0.237. The summed E-state index contributed by atoms with van der Waals surface area (Å²) in [4.78, 5) is 21.6. The third-order valence-corrected chi connectivity index (χ3v) is 6.80. The number of nitrogens with one attached hydrogen (secondary N) is 1. The average molecular weight is 568 g/mol. The number of carbonyl (C=O) groups excluding carboxylic acids is 1. The van der Waals surface area contributed by atoms with Crippen LogP contribution in [0.1, 0.15) is 30.7 Å². The molecule has 2 aromatic carbocycles. The van der Waals surface area contributed by atoms with E-state index in [2.05, 4.69) is 15.3 Å². The number of rotatable bonds is 7. The molecule has 3 heterocycles. The summed E-state index contributed by atoms with van der Waals surface area (Å²) < 4.78 is 38.7. The van der Waals surface area contributed by atoms with Crippen molar-refractivity contribution in [1.82, 2.24) is 19.7 Å². The van der Waals surface area contributed by atoms with Gasteiger partial charge in [0.05, 0.1) is 29.9 Å². The van der Waals surface area contributed by atoms with Gasteiger partial charge in [0.25, 0.3) is 0 Å². The number of halogens is 3. The molecule has 0 saturated heterocycles. The third-order valence-electron chi connectivity index (χ3n) is 6.54. The van der Waals surface area contributed by atoms with E-state index in [1.165, 1.54) is 12.5 Å². The summed E-state index contributed by atoms with van der Waals surface area (Å²) >= 11 is 6.39. The number of anilines is 2. The highest BCUT2D eigenvalue weighted by Crippen LogP contribution is 2.40. The second kappa shape index (κ2) is 11.1. The first-order chi connectivity index (χ1) is 19.1. The molecule has 0 spiro atoms. The van der Waals surface area contributed by atoms with Gasteiger partial charge in [-0.15, -0.1) is 0 Å². The van der Waals surface area contributed by atoms with Crippen LogP contribution in [0.25, 0.3) is 16.9 Å². The summed E-state index contributed by atoms with van der Waals surface area (Å²) in [7, 11) is 0. The van der Waals surface area contributed by atoms with Gasteiger partial charge < -0.3 is 20.7 Å². The van der Waals surface area contributed by atoms with E-state index in [0.717, 1.165) is 23.4 Å². The van der Waals surface area contributed by atoms with E-state index in [4.69, 9.17) is 27.2 Å². The Labute approximate surface area is 234 Å². The zero-order valence-electron chi connectivity index (χ0n) is 22.2. The Morgan fingerprint density at radius 2 is 2.05 bits per heavy atom. The summed E-state index contributed by atoms with van der Waals surface area (Å²) in [5.41, 5.74) is 7.98. The van der Waals surface area contributed by atoms with Gasteiger partial charge >= 0.3 is 6.03 Å². The van der Waals surface area contributed by atoms with Crippen LogP contribution in [0.3, 0.4) is 0 Å². The molecule has 3 N–H and O–H groups in total. The van der Waals surface area contributed by atoms with Gasteiger partial charge in [0, 0.05) is 36.7 Å². The molecule has 0 saturated carbocycles. The maximum absolute atomic E-state index is 15.8. The Balaban J connectivity index is 1.72. The molecule has 0 radical (unpaired) electrons. The molecular formula is C28H28ClF2N7O2. The zero-order valence-corrected chi connectivity index (χ0v) is 23.0. The van der Waals surface area contributed by atoms with Gasteiger partial charge in [-0.05, 0) is 30.5 Å². The molecule has 208 valence electrons. The SMILES string of the molecule is Cc1cccc(OCC(C)C)c1-n1nc2c(c1-c1cc(F)c(NC(N)=O)cc1F)CN(c1ncncc1Cl)CC2. The van der Waals surface area contributed by atoms with E-state index in [9.17, 15) is 4.79 Å². The Morgan fingerprint density at radius 3 is 2.77 bits per heavy atom. The number of urea groups is 1. The van der Waals surface area contributed by atoms with Crippen molar-refractivity contribution in [2.24, 2.45) is 11.7 Å². The lowest BCUT2D eigenvalue weighted by Crippen LogP contribution is -2.31. The number of aryl methyl sites for hydroxylation is 1.